The van der Waals surface area contributed by atoms with Gasteiger partial charge in [0.05, 0.1) is 9.88 Å². The number of benzene rings is 1. The predicted molar refractivity (Wildman–Crippen MR) is 84.9 cm³/mol. The largest absolute Gasteiger partial charge is 0.262 e. The Kier molecular flexibility index (Phi) is 4.10. The third-order valence-electron chi connectivity index (χ3n) is 3.64. The van der Waals surface area contributed by atoms with Crippen LogP contribution in [0.1, 0.15) is 24.3 Å². The van der Waals surface area contributed by atoms with Gasteiger partial charge in [-0.25, -0.2) is 13.4 Å². The highest BCUT2D eigenvalue weighted by Crippen LogP contribution is 2.35. The third-order valence-corrected chi connectivity index (χ3v) is 6.62. The summed E-state index contributed by atoms with van der Waals surface area (Å²) >= 11 is 1.44. The maximum atomic E-state index is 12.9. The van der Waals surface area contributed by atoms with E-state index in [4.69, 9.17) is 0 Å². The Labute approximate surface area is 129 Å². The number of hydrogen-bond acceptors (Lipinski definition) is 4. The molecule has 4 nitrogen and oxygen atoms in total. The van der Waals surface area contributed by atoms with Crippen molar-refractivity contribution in [2.45, 2.75) is 31.2 Å². The molecule has 112 valence electrons. The molecule has 0 atom stereocenters. The molecule has 0 radical (unpaired) electrons. The normalized spacial score (nSPS) is 17.0. The predicted octanol–water partition coefficient (Wildman–Crippen LogP) is 3.29. The highest BCUT2D eigenvalue weighted by molar-refractivity contribution is 7.89. The SMILES string of the molecule is Cc1nc(S(=O)(=O)N2CCCCC2)c(-c2ccccc2)s1. The van der Waals surface area contributed by atoms with E-state index in [0.717, 1.165) is 34.7 Å². The molecule has 0 aliphatic carbocycles. The average molecular weight is 322 g/mol. The summed E-state index contributed by atoms with van der Waals surface area (Å²) in [6.45, 7) is 3.06. The van der Waals surface area contributed by atoms with Crippen LogP contribution in [0.25, 0.3) is 10.4 Å². The van der Waals surface area contributed by atoms with Crippen LogP contribution in [0.4, 0.5) is 0 Å². The van der Waals surface area contributed by atoms with E-state index in [0.29, 0.717) is 13.1 Å². The number of hydrogen-bond donors (Lipinski definition) is 0. The van der Waals surface area contributed by atoms with Crippen LogP contribution in [-0.2, 0) is 10.0 Å². The van der Waals surface area contributed by atoms with Crippen LogP contribution in [0.15, 0.2) is 35.4 Å². The maximum absolute atomic E-state index is 12.9. The summed E-state index contributed by atoms with van der Waals surface area (Å²) in [6.07, 6.45) is 2.97. The summed E-state index contributed by atoms with van der Waals surface area (Å²) in [7, 11) is -3.49. The Balaban J connectivity index is 2.06. The molecule has 3 rings (SSSR count). The van der Waals surface area contributed by atoms with Gasteiger partial charge in [-0.1, -0.05) is 36.8 Å². The number of thiazole rings is 1. The van der Waals surface area contributed by atoms with E-state index in [9.17, 15) is 8.42 Å². The highest BCUT2D eigenvalue weighted by atomic mass is 32.2. The van der Waals surface area contributed by atoms with Gasteiger partial charge in [-0.15, -0.1) is 11.3 Å². The van der Waals surface area contributed by atoms with E-state index in [2.05, 4.69) is 4.98 Å². The van der Waals surface area contributed by atoms with E-state index in [1.807, 2.05) is 37.3 Å². The van der Waals surface area contributed by atoms with E-state index in [-0.39, 0.29) is 5.03 Å². The zero-order valence-corrected chi connectivity index (χ0v) is 13.6. The van der Waals surface area contributed by atoms with Gasteiger partial charge in [0, 0.05) is 13.1 Å². The Morgan fingerprint density at radius 2 is 1.76 bits per heavy atom. The molecule has 0 N–H and O–H groups in total. The number of nitrogens with zero attached hydrogens (tertiary/aromatic N) is 2. The van der Waals surface area contributed by atoms with Crippen molar-refractivity contribution in [3.8, 4) is 10.4 Å². The lowest BCUT2D eigenvalue weighted by Crippen LogP contribution is -2.36. The maximum Gasteiger partial charge on any atom is 0.262 e. The molecular weight excluding hydrogens is 304 g/mol. The second-order valence-electron chi connectivity index (χ2n) is 5.20. The molecule has 0 unspecified atom stereocenters. The van der Waals surface area contributed by atoms with Crippen LogP contribution >= 0.6 is 11.3 Å². The molecule has 1 saturated heterocycles. The van der Waals surface area contributed by atoms with Crippen LogP contribution in [0.2, 0.25) is 0 Å². The molecule has 2 aromatic rings. The van der Waals surface area contributed by atoms with Crippen LogP contribution < -0.4 is 0 Å². The van der Waals surface area contributed by atoms with Gasteiger partial charge < -0.3 is 0 Å². The van der Waals surface area contributed by atoms with Crippen molar-refractivity contribution in [3.63, 3.8) is 0 Å². The summed E-state index contributed by atoms with van der Waals surface area (Å²) in [6, 6.07) is 9.63. The van der Waals surface area contributed by atoms with Gasteiger partial charge in [-0.3, -0.25) is 0 Å². The number of rotatable bonds is 3. The van der Waals surface area contributed by atoms with E-state index >= 15 is 0 Å². The van der Waals surface area contributed by atoms with Crippen molar-refractivity contribution in [3.05, 3.63) is 35.3 Å². The first-order chi connectivity index (χ1) is 10.1. The topological polar surface area (TPSA) is 50.3 Å². The molecule has 1 aromatic heterocycles. The van der Waals surface area contributed by atoms with E-state index < -0.39 is 10.0 Å². The summed E-state index contributed by atoms with van der Waals surface area (Å²) in [5.74, 6) is 0. The standard InChI is InChI=1S/C15H18N2O2S2/c1-12-16-15(14(20-12)13-8-4-2-5-9-13)21(18,19)17-10-6-3-7-11-17/h2,4-5,8-9H,3,6-7,10-11H2,1H3. The van der Waals surface area contributed by atoms with Crippen LogP contribution in [0, 0.1) is 6.92 Å². The van der Waals surface area contributed by atoms with Gasteiger partial charge >= 0.3 is 0 Å². The second-order valence-corrected chi connectivity index (χ2v) is 8.25. The van der Waals surface area contributed by atoms with Gasteiger partial charge in [0.1, 0.15) is 0 Å². The minimum Gasteiger partial charge on any atom is -0.228 e. The fourth-order valence-electron chi connectivity index (χ4n) is 2.58. The lowest BCUT2D eigenvalue weighted by molar-refractivity contribution is 0.346. The molecule has 6 heteroatoms. The summed E-state index contributed by atoms with van der Waals surface area (Å²) in [5, 5.41) is 1.00. The molecule has 1 aliphatic heterocycles. The minimum atomic E-state index is -3.49. The van der Waals surface area contributed by atoms with Crippen LogP contribution in [0.5, 0.6) is 0 Å². The lowest BCUT2D eigenvalue weighted by atomic mass is 10.2. The van der Waals surface area contributed by atoms with Crippen molar-refractivity contribution in [1.29, 1.82) is 0 Å². The molecule has 21 heavy (non-hydrogen) atoms. The number of aryl methyl sites for hydroxylation is 1. The summed E-state index contributed by atoms with van der Waals surface area (Å²) in [4.78, 5) is 5.07. The third kappa shape index (κ3) is 2.88. The van der Waals surface area contributed by atoms with Crippen LogP contribution in [0.3, 0.4) is 0 Å². The van der Waals surface area contributed by atoms with Crippen molar-refractivity contribution < 1.29 is 8.42 Å². The first-order valence-electron chi connectivity index (χ1n) is 7.12. The highest BCUT2D eigenvalue weighted by Gasteiger charge is 2.31. The zero-order chi connectivity index (χ0) is 14.9. The van der Waals surface area contributed by atoms with Crippen molar-refractivity contribution >= 4 is 21.4 Å². The Hall–Kier alpha value is -1.24. The summed E-state index contributed by atoms with van der Waals surface area (Å²) in [5.41, 5.74) is 0.915. The van der Waals surface area contributed by atoms with Gasteiger partial charge in [0.2, 0.25) is 0 Å². The molecule has 1 fully saturated rings. The molecule has 2 heterocycles. The zero-order valence-electron chi connectivity index (χ0n) is 11.9. The van der Waals surface area contributed by atoms with E-state index in [1.54, 1.807) is 4.31 Å². The first-order valence-corrected chi connectivity index (χ1v) is 9.38. The number of sulfonamides is 1. The van der Waals surface area contributed by atoms with Gasteiger partial charge in [0.15, 0.2) is 5.03 Å². The average Bonchev–Trinajstić information content (AvgIpc) is 2.92. The monoisotopic (exact) mass is 322 g/mol. The quantitative estimate of drug-likeness (QED) is 0.871. The van der Waals surface area contributed by atoms with Crippen molar-refractivity contribution in [1.82, 2.24) is 9.29 Å². The van der Waals surface area contributed by atoms with Crippen molar-refractivity contribution in [2.75, 3.05) is 13.1 Å². The van der Waals surface area contributed by atoms with Gasteiger partial charge in [-0.05, 0) is 25.3 Å². The van der Waals surface area contributed by atoms with Crippen LogP contribution in [-0.4, -0.2) is 30.8 Å². The smallest absolute Gasteiger partial charge is 0.228 e. The Morgan fingerprint density at radius 3 is 2.43 bits per heavy atom. The van der Waals surface area contributed by atoms with Gasteiger partial charge in [0.25, 0.3) is 10.0 Å². The van der Waals surface area contributed by atoms with Gasteiger partial charge in [-0.2, -0.15) is 4.31 Å². The fraction of sp³-hybridized carbons (Fsp3) is 0.400. The lowest BCUT2D eigenvalue weighted by Gasteiger charge is -2.25. The Bertz CT molecular complexity index is 717. The molecule has 0 saturated carbocycles. The molecule has 1 aromatic carbocycles. The molecular formula is C15H18N2O2S2. The summed E-state index contributed by atoms with van der Waals surface area (Å²) < 4.78 is 27.3. The van der Waals surface area contributed by atoms with E-state index in [1.165, 1.54) is 11.3 Å². The second kappa shape index (κ2) is 5.87. The Morgan fingerprint density at radius 1 is 1.10 bits per heavy atom. The number of aromatic nitrogens is 1. The molecule has 0 spiro atoms. The molecule has 0 bridgehead atoms. The minimum absolute atomic E-state index is 0.220. The molecule has 1 aliphatic rings. The molecule has 0 amide bonds. The fourth-order valence-corrected chi connectivity index (χ4v) is 5.49. The number of piperidine rings is 1. The van der Waals surface area contributed by atoms with Crippen molar-refractivity contribution in [2.24, 2.45) is 0 Å². The first kappa shape index (κ1) is 14.7.